The van der Waals surface area contributed by atoms with Gasteiger partial charge in [0.25, 0.3) is 0 Å². The van der Waals surface area contributed by atoms with E-state index in [2.05, 4.69) is 6.08 Å². The molecule has 2 fully saturated rings. The van der Waals surface area contributed by atoms with E-state index in [1.54, 1.807) is 0 Å². The van der Waals surface area contributed by atoms with Gasteiger partial charge in [0, 0.05) is 0 Å². The molecule has 0 unspecified atom stereocenters. The van der Waals surface area contributed by atoms with Gasteiger partial charge >= 0.3 is 0 Å². The quantitative estimate of drug-likeness (QED) is 0.405. The minimum atomic E-state index is -1.47. The maximum absolute atomic E-state index is 10.7. The molecule has 0 aromatic carbocycles. The number of hydrogen-bond acceptors (Lipinski definition) is 7. The second-order valence-electron chi connectivity index (χ2n) is 9.24. The van der Waals surface area contributed by atoms with Crippen molar-refractivity contribution in [3.8, 4) is 0 Å². The highest BCUT2D eigenvalue weighted by Crippen LogP contribution is 2.48. The third kappa shape index (κ3) is 4.95. The van der Waals surface area contributed by atoms with E-state index < -0.39 is 48.5 Å². The summed E-state index contributed by atoms with van der Waals surface area (Å²) < 4.78 is 11.9. The topological polar surface area (TPSA) is 120 Å². The van der Waals surface area contributed by atoms with Crippen molar-refractivity contribution < 1.29 is 35.0 Å². The molecule has 5 N–H and O–H groups in total. The van der Waals surface area contributed by atoms with Crippen LogP contribution in [-0.2, 0) is 9.47 Å². The number of hydrogen-bond donors (Lipinski definition) is 5. The fourth-order valence-corrected chi connectivity index (χ4v) is 4.60. The summed E-state index contributed by atoms with van der Waals surface area (Å²) in [4.78, 5) is 0. The van der Waals surface area contributed by atoms with Crippen molar-refractivity contribution in [3.63, 3.8) is 0 Å². The number of aliphatic hydroxyl groups excluding tert-OH is 4. The number of aliphatic hydroxyl groups is 5. The minimum absolute atomic E-state index is 0.0194. The number of rotatable bonds is 7. The summed E-state index contributed by atoms with van der Waals surface area (Å²) in [6, 6.07) is 0. The van der Waals surface area contributed by atoms with Gasteiger partial charge in [-0.3, -0.25) is 0 Å². The van der Waals surface area contributed by atoms with Crippen LogP contribution in [0.2, 0.25) is 0 Å². The van der Waals surface area contributed by atoms with Crippen LogP contribution in [0, 0.1) is 11.8 Å². The van der Waals surface area contributed by atoms with E-state index in [9.17, 15) is 25.5 Å². The van der Waals surface area contributed by atoms with Crippen LogP contribution in [0.5, 0.6) is 0 Å². The first-order chi connectivity index (χ1) is 12.9. The Morgan fingerprint density at radius 2 is 1.86 bits per heavy atom. The van der Waals surface area contributed by atoms with E-state index in [1.165, 1.54) is 5.57 Å². The molecule has 1 saturated heterocycles. The fourth-order valence-electron chi connectivity index (χ4n) is 4.60. The van der Waals surface area contributed by atoms with Gasteiger partial charge in [-0.25, -0.2) is 0 Å². The maximum Gasteiger partial charge on any atom is 0.187 e. The lowest BCUT2D eigenvalue weighted by molar-refractivity contribution is -0.333. The maximum atomic E-state index is 10.7. The molecule has 7 heteroatoms. The minimum Gasteiger partial charge on any atom is -0.394 e. The first kappa shape index (κ1) is 23.7. The van der Waals surface area contributed by atoms with Gasteiger partial charge in [0.1, 0.15) is 24.4 Å². The van der Waals surface area contributed by atoms with Crippen molar-refractivity contribution in [2.45, 2.75) is 102 Å². The summed E-state index contributed by atoms with van der Waals surface area (Å²) in [5.74, 6) is 0.00882. The summed E-state index contributed by atoms with van der Waals surface area (Å²) >= 11 is 0. The van der Waals surface area contributed by atoms with Crippen molar-refractivity contribution in [2.75, 3.05) is 6.61 Å². The van der Waals surface area contributed by atoms with E-state index in [1.807, 2.05) is 34.6 Å². The number of ether oxygens (including phenoxy) is 2. The SMILES string of the molecule is CC(C)=CCC[C@@](C)(O[C@H]1O[C@@H](CO)[C@@H](O)[C@@H](O)[C@H]1O)[C@@H]1CC[C@@](C)(O)[C@@H]1C. The molecule has 2 rings (SSSR count). The molecule has 9 atom stereocenters. The first-order valence-corrected chi connectivity index (χ1v) is 10.3. The Balaban J connectivity index is 2.25. The predicted octanol–water partition coefficient (Wildman–Crippen LogP) is 1.11. The van der Waals surface area contributed by atoms with Gasteiger partial charge in [0.15, 0.2) is 6.29 Å². The molecule has 0 aromatic rings. The van der Waals surface area contributed by atoms with E-state index in [4.69, 9.17) is 9.47 Å². The highest BCUT2D eigenvalue weighted by molar-refractivity contribution is 5.03. The lowest BCUT2D eigenvalue weighted by Gasteiger charge is -2.46. The van der Waals surface area contributed by atoms with Crippen molar-refractivity contribution in [3.05, 3.63) is 11.6 Å². The van der Waals surface area contributed by atoms with Crippen molar-refractivity contribution in [2.24, 2.45) is 11.8 Å². The molecule has 1 aliphatic heterocycles. The van der Waals surface area contributed by atoms with E-state index >= 15 is 0 Å². The summed E-state index contributed by atoms with van der Waals surface area (Å²) in [5.41, 5.74) is -0.317. The van der Waals surface area contributed by atoms with Crippen molar-refractivity contribution >= 4 is 0 Å². The molecule has 0 bridgehead atoms. The zero-order valence-corrected chi connectivity index (χ0v) is 17.7. The molecule has 0 amide bonds. The molecule has 164 valence electrons. The third-order valence-corrected chi connectivity index (χ3v) is 6.76. The second kappa shape index (κ2) is 9.08. The lowest BCUT2D eigenvalue weighted by atomic mass is 9.76. The van der Waals surface area contributed by atoms with E-state index in [0.29, 0.717) is 12.8 Å². The first-order valence-electron chi connectivity index (χ1n) is 10.3. The molecule has 0 radical (unpaired) electrons. The highest BCUT2D eigenvalue weighted by Gasteiger charge is 2.53. The zero-order valence-electron chi connectivity index (χ0n) is 17.7. The van der Waals surface area contributed by atoms with E-state index in [-0.39, 0.29) is 11.8 Å². The van der Waals surface area contributed by atoms with Gasteiger partial charge in [-0.1, -0.05) is 18.6 Å². The Morgan fingerprint density at radius 1 is 1.21 bits per heavy atom. The van der Waals surface area contributed by atoms with Crippen LogP contribution < -0.4 is 0 Å². The molecular weight excluding hydrogens is 364 g/mol. The van der Waals surface area contributed by atoms with Gasteiger partial charge in [0.05, 0.1) is 17.8 Å². The van der Waals surface area contributed by atoms with Crippen LogP contribution in [0.3, 0.4) is 0 Å². The van der Waals surface area contributed by atoms with Crippen LogP contribution in [0.25, 0.3) is 0 Å². The fraction of sp³-hybridized carbons (Fsp3) is 0.905. The molecule has 28 heavy (non-hydrogen) atoms. The Bertz CT molecular complexity index is 543. The molecule has 7 nitrogen and oxygen atoms in total. The van der Waals surface area contributed by atoms with Gasteiger partial charge < -0.3 is 35.0 Å². The standard InChI is InChI=1S/C21H38O7/c1-12(2)7-6-9-21(5,14-8-10-20(4,26)13(14)3)28-19-18(25)17(24)16(23)15(11-22)27-19/h7,13-19,22-26H,6,8-11H2,1-5H3/t13-,14-,15+,16-,17-,18-,19-,20-,21-/m1/s1. The van der Waals surface area contributed by atoms with Crippen molar-refractivity contribution in [1.82, 2.24) is 0 Å². The molecule has 1 aliphatic carbocycles. The molecule has 0 spiro atoms. The van der Waals surface area contributed by atoms with Crippen LogP contribution in [-0.4, -0.2) is 74.0 Å². The summed E-state index contributed by atoms with van der Waals surface area (Å²) in [7, 11) is 0. The van der Waals surface area contributed by atoms with Gasteiger partial charge in [-0.2, -0.15) is 0 Å². The van der Waals surface area contributed by atoms with Crippen LogP contribution in [0.15, 0.2) is 11.6 Å². The Kier molecular flexibility index (Phi) is 7.70. The summed E-state index contributed by atoms with van der Waals surface area (Å²) in [6.45, 7) is 9.36. The highest BCUT2D eigenvalue weighted by atomic mass is 16.7. The Morgan fingerprint density at radius 3 is 2.36 bits per heavy atom. The monoisotopic (exact) mass is 402 g/mol. The van der Waals surface area contributed by atoms with Gasteiger partial charge in [-0.05, 0) is 65.2 Å². The summed E-state index contributed by atoms with van der Waals surface area (Å²) in [5, 5.41) is 50.6. The molecule has 0 aromatic heterocycles. The molecule has 1 heterocycles. The van der Waals surface area contributed by atoms with Crippen LogP contribution in [0.1, 0.15) is 60.3 Å². The predicted molar refractivity (Wildman–Crippen MR) is 104 cm³/mol. The zero-order chi connectivity index (χ0) is 21.3. The normalized spacial score (nSPS) is 43.6. The van der Waals surface area contributed by atoms with E-state index in [0.717, 1.165) is 12.8 Å². The van der Waals surface area contributed by atoms with Crippen LogP contribution in [0.4, 0.5) is 0 Å². The van der Waals surface area contributed by atoms with Gasteiger partial charge in [-0.15, -0.1) is 0 Å². The second-order valence-corrected chi connectivity index (χ2v) is 9.24. The third-order valence-electron chi connectivity index (χ3n) is 6.76. The molecular formula is C21H38O7. The molecule has 1 saturated carbocycles. The number of allylic oxidation sites excluding steroid dienone is 2. The molecule has 2 aliphatic rings. The Labute approximate surface area is 168 Å². The van der Waals surface area contributed by atoms with Crippen molar-refractivity contribution in [1.29, 1.82) is 0 Å². The largest absolute Gasteiger partial charge is 0.394 e. The average molecular weight is 403 g/mol. The average Bonchev–Trinajstić information content (AvgIpc) is 2.89. The smallest absolute Gasteiger partial charge is 0.187 e. The lowest BCUT2D eigenvalue weighted by Crippen LogP contribution is -2.61. The Hall–Kier alpha value is -0.540. The summed E-state index contributed by atoms with van der Waals surface area (Å²) in [6.07, 6.45) is -1.53. The van der Waals surface area contributed by atoms with Gasteiger partial charge in [0.2, 0.25) is 0 Å². The van der Waals surface area contributed by atoms with Crippen LogP contribution >= 0.6 is 0 Å².